The number of fused-ring (bicyclic) bond motifs is 1. The summed E-state index contributed by atoms with van der Waals surface area (Å²) < 4.78 is 10.2. The molecule has 1 aromatic carbocycles. The van der Waals surface area contributed by atoms with Crippen molar-refractivity contribution in [2.45, 2.75) is 74.8 Å². The largest absolute Gasteiger partial charge is 0.493 e. The molecule has 5 nitrogen and oxygen atoms in total. The van der Waals surface area contributed by atoms with E-state index in [9.17, 15) is 0 Å². The van der Waals surface area contributed by atoms with Gasteiger partial charge < -0.3 is 10.1 Å². The minimum atomic E-state index is 0.534. The van der Waals surface area contributed by atoms with Crippen LogP contribution in [0.25, 0.3) is 0 Å². The normalized spacial score (nSPS) is 25.5. The van der Waals surface area contributed by atoms with Crippen molar-refractivity contribution in [3.05, 3.63) is 30.1 Å². The van der Waals surface area contributed by atoms with Crippen LogP contribution in [0, 0.1) is 5.92 Å². The quantitative estimate of drug-likeness (QED) is 0.499. The van der Waals surface area contributed by atoms with Crippen LogP contribution in [0.3, 0.4) is 0 Å². The maximum Gasteiger partial charge on any atom is 0.205 e. The molecule has 3 heterocycles. The highest BCUT2D eigenvalue weighted by Gasteiger charge is 2.37. The van der Waals surface area contributed by atoms with Gasteiger partial charge in [-0.1, -0.05) is 25.7 Å². The molecular formula is C23H33N4OS2+. The highest BCUT2D eigenvalue weighted by molar-refractivity contribution is 7.78. The van der Waals surface area contributed by atoms with E-state index in [1.807, 2.05) is 0 Å². The molecule has 1 N–H and O–H groups in total. The van der Waals surface area contributed by atoms with E-state index >= 15 is 0 Å². The van der Waals surface area contributed by atoms with Crippen molar-refractivity contribution in [3.63, 3.8) is 0 Å². The molecule has 1 saturated carbocycles. The Morgan fingerprint density at radius 1 is 1.10 bits per heavy atom. The first-order valence-electron chi connectivity index (χ1n) is 11.6. The molecule has 0 unspecified atom stereocenters. The number of likely N-dealkylation sites (tertiary alicyclic amines) is 1. The molecule has 0 bridgehead atoms. The number of nitrogens with zero attached hydrogens (tertiary/aromatic N) is 3. The molecule has 3 aliphatic rings. The molecule has 2 aromatic rings. The maximum absolute atomic E-state index is 6.15. The molecule has 0 radical (unpaired) electrons. The molecule has 162 valence electrons. The fraction of sp³-hybridized carbons (Fsp3) is 0.652. The van der Waals surface area contributed by atoms with Gasteiger partial charge >= 0.3 is 0 Å². The van der Waals surface area contributed by atoms with Crippen LogP contribution >= 0.6 is 11.5 Å². The van der Waals surface area contributed by atoms with Crippen molar-refractivity contribution in [1.82, 2.24) is 14.3 Å². The maximum atomic E-state index is 6.15. The number of piperidine rings is 1. The summed E-state index contributed by atoms with van der Waals surface area (Å²) in [7, 11) is 0. The fourth-order valence-electron chi connectivity index (χ4n) is 5.64. The van der Waals surface area contributed by atoms with E-state index in [0.717, 1.165) is 41.7 Å². The van der Waals surface area contributed by atoms with Gasteiger partial charge in [0, 0.05) is 53.4 Å². The summed E-state index contributed by atoms with van der Waals surface area (Å²) in [6, 6.07) is 8.22. The Bertz CT molecular complexity index is 810. The van der Waals surface area contributed by atoms with Gasteiger partial charge in [-0.05, 0) is 50.3 Å². The number of hydrogen-bond donors (Lipinski definition) is 1. The number of aromatic nitrogens is 2. The van der Waals surface area contributed by atoms with Crippen LogP contribution in [0.1, 0.15) is 69.4 Å². The third kappa shape index (κ3) is 4.63. The van der Waals surface area contributed by atoms with Crippen molar-refractivity contribution in [2.75, 3.05) is 24.3 Å². The Balaban J connectivity index is 1.29. The van der Waals surface area contributed by atoms with E-state index in [4.69, 9.17) is 4.74 Å². The predicted octanol–water partition coefficient (Wildman–Crippen LogP) is 5.04. The molecule has 30 heavy (non-hydrogen) atoms. The van der Waals surface area contributed by atoms with Gasteiger partial charge in [-0.2, -0.15) is 4.37 Å². The smallest absolute Gasteiger partial charge is 0.205 e. The van der Waals surface area contributed by atoms with Crippen LogP contribution in [0.2, 0.25) is 0 Å². The van der Waals surface area contributed by atoms with Gasteiger partial charge in [-0.15, -0.1) is 0 Å². The lowest BCUT2D eigenvalue weighted by Crippen LogP contribution is -2.47. The second-order valence-electron chi connectivity index (χ2n) is 8.81. The zero-order valence-corrected chi connectivity index (χ0v) is 19.3. The number of nitrogens with one attached hydrogen (secondary N) is 1. The summed E-state index contributed by atoms with van der Waals surface area (Å²) in [5.41, 5.74) is 1.42. The summed E-state index contributed by atoms with van der Waals surface area (Å²) in [5, 5.41) is 4.22. The number of rotatable bonds is 6. The van der Waals surface area contributed by atoms with Crippen molar-refractivity contribution >= 4 is 28.4 Å². The first-order valence-corrected chi connectivity index (χ1v) is 13.4. The molecule has 5 rings (SSSR count). The van der Waals surface area contributed by atoms with Gasteiger partial charge in [0.25, 0.3) is 0 Å². The molecule has 1 aromatic heterocycles. The minimum Gasteiger partial charge on any atom is -0.493 e. The molecule has 2 fully saturated rings. The standard InChI is InChI=1S/C23H32N4OS2/c1-2-6-17(7-3-1)20-8-4-5-12-27(20)21-11-13-28-22-14-18(9-10-19(21)22)29-16-25-23-24-15-26-30-23/h9-10,14-15,17,20-21H,1-8,11-13,16H2,(H,24,25,26)/p+1/t20-,21-/m0/s1. The van der Waals surface area contributed by atoms with E-state index in [0.29, 0.717) is 6.04 Å². The monoisotopic (exact) mass is 445 g/mol. The number of ether oxygens (including phenoxy) is 1. The van der Waals surface area contributed by atoms with Crippen molar-refractivity contribution in [1.29, 1.82) is 0 Å². The molecule has 2 aliphatic heterocycles. The molecule has 2 atom stereocenters. The average Bonchev–Trinajstić information content (AvgIpc) is 3.33. The van der Waals surface area contributed by atoms with Gasteiger partial charge in [-0.25, -0.2) is 4.98 Å². The zero-order chi connectivity index (χ0) is 20.2. The number of thiol groups is 1. The van der Waals surface area contributed by atoms with Gasteiger partial charge in [0.2, 0.25) is 5.13 Å². The molecule has 0 amide bonds. The second kappa shape index (κ2) is 9.88. The highest BCUT2D eigenvalue weighted by Crippen LogP contribution is 2.43. The Labute approximate surface area is 188 Å². The lowest BCUT2D eigenvalue weighted by molar-refractivity contribution is 0.0260. The number of anilines is 1. The van der Waals surface area contributed by atoms with Gasteiger partial charge in [-0.3, -0.25) is 4.90 Å². The number of hydrogen-bond acceptors (Lipinski definition) is 6. The van der Waals surface area contributed by atoms with E-state index in [2.05, 4.69) is 37.8 Å². The lowest BCUT2D eigenvalue weighted by Gasteiger charge is -2.47. The van der Waals surface area contributed by atoms with Gasteiger partial charge in [0.15, 0.2) is 10.8 Å². The SMILES string of the molecule is c1nsc(NC[SH+]c2ccc3c(c2)OCC[C@@H]3N2CCCC[C@H]2C2CCCCC2)n1. The Kier molecular flexibility index (Phi) is 6.78. The van der Waals surface area contributed by atoms with Crippen LogP contribution in [0.15, 0.2) is 29.4 Å². The summed E-state index contributed by atoms with van der Waals surface area (Å²) in [5.74, 6) is 2.86. The summed E-state index contributed by atoms with van der Waals surface area (Å²) in [6.07, 6.45) is 14.1. The Hall–Kier alpha value is -1.31. The van der Waals surface area contributed by atoms with Gasteiger partial charge in [0.1, 0.15) is 12.1 Å². The average molecular weight is 446 g/mol. The van der Waals surface area contributed by atoms with Crippen LogP contribution < -0.4 is 10.1 Å². The van der Waals surface area contributed by atoms with Crippen LogP contribution in [0.4, 0.5) is 5.13 Å². The third-order valence-corrected chi connectivity index (χ3v) is 8.63. The van der Waals surface area contributed by atoms with E-state index < -0.39 is 0 Å². The van der Waals surface area contributed by atoms with E-state index in [-0.39, 0.29) is 0 Å². The highest BCUT2D eigenvalue weighted by atomic mass is 32.2. The minimum absolute atomic E-state index is 0.534. The van der Waals surface area contributed by atoms with E-state index in [1.54, 1.807) is 6.33 Å². The van der Waals surface area contributed by atoms with Crippen molar-refractivity contribution < 1.29 is 4.74 Å². The van der Waals surface area contributed by atoms with Crippen molar-refractivity contribution in [2.24, 2.45) is 5.92 Å². The zero-order valence-electron chi connectivity index (χ0n) is 17.6. The molecule has 7 heteroatoms. The molecule has 0 spiro atoms. The summed E-state index contributed by atoms with van der Waals surface area (Å²) in [4.78, 5) is 8.37. The number of benzene rings is 1. The summed E-state index contributed by atoms with van der Waals surface area (Å²) in [6.45, 7) is 2.10. The first-order chi connectivity index (χ1) is 14.9. The van der Waals surface area contributed by atoms with E-state index in [1.165, 1.54) is 91.7 Å². The van der Waals surface area contributed by atoms with Crippen LogP contribution in [-0.2, 0) is 11.8 Å². The second-order valence-corrected chi connectivity index (χ2v) is 10.7. The molecule has 1 aliphatic carbocycles. The van der Waals surface area contributed by atoms with Crippen LogP contribution in [0.5, 0.6) is 5.75 Å². The van der Waals surface area contributed by atoms with Gasteiger partial charge in [0.05, 0.1) is 6.61 Å². The van der Waals surface area contributed by atoms with Crippen LogP contribution in [-0.4, -0.2) is 39.3 Å². The third-order valence-electron chi connectivity index (χ3n) is 7.04. The first kappa shape index (κ1) is 20.6. The Morgan fingerprint density at radius 3 is 2.87 bits per heavy atom. The lowest BCUT2D eigenvalue weighted by atomic mass is 9.78. The fourth-order valence-corrected chi connectivity index (χ4v) is 6.98. The summed E-state index contributed by atoms with van der Waals surface area (Å²) >= 11 is 2.64. The topological polar surface area (TPSA) is 50.3 Å². The van der Waals surface area contributed by atoms with Crippen molar-refractivity contribution in [3.8, 4) is 5.75 Å². The molecular weight excluding hydrogens is 412 g/mol. The predicted molar refractivity (Wildman–Crippen MR) is 126 cm³/mol. The Morgan fingerprint density at radius 2 is 2.00 bits per heavy atom. The molecule has 1 saturated heterocycles.